The zero-order chi connectivity index (χ0) is 18.9. The molecular formula is C16H30O5P2S2. The molecule has 4 atom stereocenters. The van der Waals surface area contributed by atoms with Crippen LogP contribution in [-0.4, -0.2) is 30.3 Å². The van der Waals surface area contributed by atoms with Gasteiger partial charge in [0.05, 0.1) is 25.4 Å². The molecule has 0 aromatic rings. The Bertz CT molecular complexity index is 541. The van der Waals surface area contributed by atoms with Crippen molar-refractivity contribution in [3.63, 3.8) is 0 Å². The van der Waals surface area contributed by atoms with Crippen molar-refractivity contribution in [3.05, 3.63) is 0 Å². The monoisotopic (exact) mass is 428 g/mol. The zero-order valence-corrected chi connectivity index (χ0v) is 19.4. The average Bonchev–Trinajstić information content (AvgIpc) is 2.47. The maximum absolute atomic E-state index is 6.10. The van der Waals surface area contributed by atoms with Crippen LogP contribution in [0.25, 0.3) is 0 Å². The van der Waals surface area contributed by atoms with E-state index < -0.39 is 15.3 Å². The van der Waals surface area contributed by atoms with Crippen LogP contribution in [-0.2, 0) is 34.2 Å². The van der Waals surface area contributed by atoms with Gasteiger partial charge in [0.2, 0.25) is 0 Å². The standard InChI is InChI=1S/C16H30O5P2S2/c1-7-8-13-15(3,4)10-17-22(19-13)21-23(25)18-11-16(5,6)14(20-23)9-12(2)24/h13-14H,7-11H2,1-6H3. The van der Waals surface area contributed by atoms with E-state index in [0.29, 0.717) is 19.6 Å². The van der Waals surface area contributed by atoms with E-state index in [1.165, 1.54) is 0 Å². The number of thiocarbonyl (C=S) groups is 1. The smallest absolute Gasteiger partial charge is 0.311 e. The quantitative estimate of drug-likeness (QED) is 0.384. The summed E-state index contributed by atoms with van der Waals surface area (Å²) in [7, 11) is -1.56. The molecule has 4 unspecified atom stereocenters. The fourth-order valence-corrected chi connectivity index (χ4v) is 7.47. The Morgan fingerprint density at radius 2 is 1.84 bits per heavy atom. The lowest BCUT2D eigenvalue weighted by atomic mass is 9.85. The topological polar surface area (TPSA) is 46.2 Å². The van der Waals surface area contributed by atoms with Crippen LogP contribution in [0.2, 0.25) is 0 Å². The summed E-state index contributed by atoms with van der Waals surface area (Å²) in [5.74, 6) is 0. The Balaban J connectivity index is 2.03. The molecule has 2 aliphatic rings. The van der Waals surface area contributed by atoms with E-state index in [1.807, 2.05) is 6.92 Å². The maximum atomic E-state index is 6.10. The molecule has 5 nitrogen and oxygen atoms in total. The summed E-state index contributed by atoms with van der Waals surface area (Å²) in [4.78, 5) is 0.891. The third kappa shape index (κ3) is 5.97. The van der Waals surface area contributed by atoms with Gasteiger partial charge in [-0.05, 0) is 30.0 Å². The lowest BCUT2D eigenvalue weighted by Gasteiger charge is -2.45. The third-order valence-corrected chi connectivity index (χ3v) is 8.94. The van der Waals surface area contributed by atoms with Crippen LogP contribution in [0.4, 0.5) is 0 Å². The van der Waals surface area contributed by atoms with E-state index in [2.05, 4.69) is 34.6 Å². The molecule has 25 heavy (non-hydrogen) atoms. The first-order valence-electron chi connectivity index (χ1n) is 8.69. The van der Waals surface area contributed by atoms with Crippen LogP contribution in [0.15, 0.2) is 0 Å². The summed E-state index contributed by atoms with van der Waals surface area (Å²) in [6.45, 7) is 10.7. The van der Waals surface area contributed by atoms with Crippen LogP contribution in [0.1, 0.15) is 60.8 Å². The Labute approximate surface area is 163 Å². The molecule has 2 saturated heterocycles. The van der Waals surface area contributed by atoms with E-state index in [9.17, 15) is 0 Å². The van der Waals surface area contributed by atoms with Gasteiger partial charge >= 0.3 is 15.3 Å². The first-order valence-corrected chi connectivity index (χ1v) is 12.8. The molecule has 0 amide bonds. The van der Waals surface area contributed by atoms with Gasteiger partial charge in [0.25, 0.3) is 0 Å². The van der Waals surface area contributed by atoms with Gasteiger partial charge in [0.1, 0.15) is 0 Å². The van der Waals surface area contributed by atoms with E-state index in [0.717, 1.165) is 17.7 Å². The van der Waals surface area contributed by atoms with E-state index in [-0.39, 0.29) is 23.0 Å². The highest BCUT2D eigenvalue weighted by atomic mass is 32.5. The molecular weight excluding hydrogens is 398 g/mol. The van der Waals surface area contributed by atoms with Crippen LogP contribution in [0, 0.1) is 10.8 Å². The first kappa shape index (κ1) is 22.3. The second-order valence-corrected chi connectivity index (χ2v) is 13.1. The van der Waals surface area contributed by atoms with Crippen molar-refractivity contribution in [2.24, 2.45) is 10.8 Å². The lowest BCUT2D eigenvalue weighted by molar-refractivity contribution is -0.0444. The van der Waals surface area contributed by atoms with Crippen LogP contribution < -0.4 is 0 Å². The van der Waals surface area contributed by atoms with Gasteiger partial charge in [-0.1, -0.05) is 53.3 Å². The summed E-state index contributed by atoms with van der Waals surface area (Å²) in [5.41, 5.74) is -0.210. The number of hydrogen-bond acceptors (Lipinski definition) is 7. The molecule has 0 bridgehead atoms. The van der Waals surface area contributed by atoms with Crippen molar-refractivity contribution in [1.29, 1.82) is 0 Å². The first-order chi connectivity index (χ1) is 11.5. The zero-order valence-electron chi connectivity index (χ0n) is 15.9. The van der Waals surface area contributed by atoms with Gasteiger partial charge in [0.15, 0.2) is 0 Å². The molecule has 9 heteroatoms. The van der Waals surface area contributed by atoms with E-state index >= 15 is 0 Å². The molecule has 0 aliphatic carbocycles. The largest absolute Gasteiger partial charge is 0.340 e. The van der Waals surface area contributed by atoms with Gasteiger partial charge in [0, 0.05) is 17.3 Å². The minimum atomic E-state index is -2.91. The normalized spacial score (nSPS) is 37.6. The van der Waals surface area contributed by atoms with Gasteiger partial charge in [-0.15, -0.1) is 0 Å². The Hall–Kier alpha value is 0.970. The van der Waals surface area contributed by atoms with Gasteiger partial charge in [-0.25, -0.2) is 4.31 Å². The van der Waals surface area contributed by atoms with E-state index in [4.69, 9.17) is 46.4 Å². The second-order valence-electron chi connectivity index (χ2n) is 8.16. The summed E-state index contributed by atoms with van der Waals surface area (Å²) < 4.78 is 29.8. The number of rotatable bonds is 6. The highest BCUT2D eigenvalue weighted by Crippen LogP contribution is 2.67. The van der Waals surface area contributed by atoms with Crippen molar-refractivity contribution < 1.29 is 22.4 Å². The molecule has 0 aromatic carbocycles. The van der Waals surface area contributed by atoms with Gasteiger partial charge in [-0.2, -0.15) is 0 Å². The fraction of sp³-hybridized carbons (Fsp3) is 0.938. The summed E-state index contributed by atoms with van der Waals surface area (Å²) in [6, 6.07) is 0. The van der Waals surface area contributed by atoms with Crippen LogP contribution in [0.3, 0.4) is 0 Å². The molecule has 0 spiro atoms. The molecule has 0 N–H and O–H groups in total. The third-order valence-electron chi connectivity index (χ3n) is 4.54. The minimum Gasteiger partial charge on any atom is -0.311 e. The molecule has 2 fully saturated rings. The molecule has 2 rings (SSSR count). The maximum Gasteiger partial charge on any atom is 0.340 e. The molecule has 2 aliphatic heterocycles. The lowest BCUT2D eigenvalue weighted by Crippen LogP contribution is -2.41. The van der Waals surface area contributed by atoms with Crippen LogP contribution >= 0.6 is 27.5 Å². The molecule has 0 aromatic heterocycles. The van der Waals surface area contributed by atoms with Crippen molar-refractivity contribution in [2.45, 2.75) is 73.0 Å². The Morgan fingerprint density at radius 1 is 1.20 bits per heavy atom. The SMILES string of the molecule is CCCC1OP(OP2(=S)OCC(C)(C)C(CC(C)=S)O2)OCC1(C)C. The van der Waals surface area contributed by atoms with Crippen molar-refractivity contribution >= 4 is 44.2 Å². The van der Waals surface area contributed by atoms with Crippen LogP contribution in [0.5, 0.6) is 0 Å². The summed E-state index contributed by atoms with van der Waals surface area (Å²) >= 11 is 10.8. The predicted octanol–water partition coefficient (Wildman–Crippen LogP) is 5.92. The summed E-state index contributed by atoms with van der Waals surface area (Å²) in [5, 5.41) is 0. The van der Waals surface area contributed by atoms with Crippen molar-refractivity contribution in [3.8, 4) is 0 Å². The van der Waals surface area contributed by atoms with Crippen molar-refractivity contribution in [1.82, 2.24) is 0 Å². The van der Waals surface area contributed by atoms with Gasteiger partial charge in [-0.3, -0.25) is 0 Å². The van der Waals surface area contributed by atoms with E-state index in [1.54, 1.807) is 0 Å². The number of hydrogen-bond donors (Lipinski definition) is 0. The van der Waals surface area contributed by atoms with Gasteiger partial charge < -0.3 is 18.1 Å². The van der Waals surface area contributed by atoms with Crippen molar-refractivity contribution in [2.75, 3.05) is 13.2 Å². The Morgan fingerprint density at radius 3 is 2.44 bits per heavy atom. The molecule has 2 heterocycles. The molecule has 0 radical (unpaired) electrons. The highest BCUT2D eigenvalue weighted by Gasteiger charge is 2.47. The second kappa shape index (κ2) is 8.55. The minimum absolute atomic E-state index is 0.0432. The molecule has 0 saturated carbocycles. The summed E-state index contributed by atoms with van der Waals surface area (Å²) in [6.07, 6.45) is 2.64. The average molecular weight is 428 g/mol. The Kier molecular flexibility index (Phi) is 7.61. The highest BCUT2D eigenvalue weighted by molar-refractivity contribution is 8.08. The predicted molar refractivity (Wildman–Crippen MR) is 109 cm³/mol. The molecule has 146 valence electrons. The fourth-order valence-electron chi connectivity index (χ4n) is 2.70.